The summed E-state index contributed by atoms with van der Waals surface area (Å²) in [6.07, 6.45) is 2.12. The largest absolute Gasteiger partial charge is 0.271 e. The first-order valence-electron chi connectivity index (χ1n) is 4.60. The molecule has 1 aromatic carbocycles. The van der Waals surface area contributed by atoms with E-state index >= 15 is 0 Å². The Kier molecular flexibility index (Phi) is 5.15. The Balaban J connectivity index is 2.88. The van der Waals surface area contributed by atoms with E-state index in [0.717, 1.165) is 27.0 Å². The quantitative estimate of drug-likeness (QED) is 0.507. The van der Waals surface area contributed by atoms with Crippen LogP contribution >= 0.6 is 34.2 Å². The maximum Gasteiger partial charge on any atom is 0.0542 e. The molecule has 0 saturated heterocycles. The van der Waals surface area contributed by atoms with E-state index in [-0.39, 0.29) is 6.04 Å². The predicted octanol–water partition coefficient (Wildman–Crippen LogP) is 3.25. The van der Waals surface area contributed by atoms with Crippen molar-refractivity contribution >= 4 is 34.2 Å². The Labute approximate surface area is 103 Å². The van der Waals surface area contributed by atoms with Gasteiger partial charge in [-0.2, -0.15) is 0 Å². The van der Waals surface area contributed by atoms with Gasteiger partial charge in [-0.15, -0.1) is 0 Å². The molecule has 1 atom stereocenters. The van der Waals surface area contributed by atoms with Crippen LogP contribution in [0.15, 0.2) is 18.2 Å². The summed E-state index contributed by atoms with van der Waals surface area (Å²) in [7, 11) is 0. The summed E-state index contributed by atoms with van der Waals surface area (Å²) < 4.78 is 1.07. The number of hydrogen-bond donors (Lipinski definition) is 2. The van der Waals surface area contributed by atoms with Gasteiger partial charge in [0.2, 0.25) is 0 Å². The predicted molar refractivity (Wildman–Crippen MR) is 69.1 cm³/mol. The Morgan fingerprint density at radius 3 is 2.79 bits per heavy atom. The van der Waals surface area contributed by atoms with Crippen LogP contribution in [0.5, 0.6) is 0 Å². The molecule has 78 valence electrons. The van der Waals surface area contributed by atoms with Crippen LogP contribution in [-0.2, 0) is 0 Å². The fraction of sp³-hybridized carbons (Fsp3) is 0.400. The maximum atomic E-state index is 6.04. The molecular formula is C10H14ClIN2. The first kappa shape index (κ1) is 12.2. The Bertz CT molecular complexity index is 304. The molecule has 0 heterocycles. The number of nitrogens with two attached hydrogens (primary N) is 1. The van der Waals surface area contributed by atoms with E-state index in [9.17, 15) is 0 Å². The molecule has 14 heavy (non-hydrogen) atoms. The van der Waals surface area contributed by atoms with Gasteiger partial charge in [-0.1, -0.05) is 31.0 Å². The van der Waals surface area contributed by atoms with E-state index in [0.29, 0.717) is 0 Å². The summed E-state index contributed by atoms with van der Waals surface area (Å²) in [5.41, 5.74) is 3.96. The highest BCUT2D eigenvalue weighted by atomic mass is 127. The number of halogens is 2. The average molecular weight is 325 g/mol. The van der Waals surface area contributed by atoms with Gasteiger partial charge in [0.1, 0.15) is 0 Å². The molecule has 0 bridgehead atoms. The van der Waals surface area contributed by atoms with Crippen LogP contribution in [0.4, 0.5) is 0 Å². The van der Waals surface area contributed by atoms with Crippen LogP contribution in [0.1, 0.15) is 31.4 Å². The second-order valence-corrected chi connectivity index (χ2v) is 4.75. The van der Waals surface area contributed by atoms with E-state index < -0.39 is 0 Å². The molecule has 0 amide bonds. The molecule has 2 nitrogen and oxygen atoms in total. The molecule has 4 heteroatoms. The molecule has 0 aromatic heterocycles. The van der Waals surface area contributed by atoms with Crippen molar-refractivity contribution in [2.24, 2.45) is 5.84 Å². The second kappa shape index (κ2) is 5.90. The van der Waals surface area contributed by atoms with Gasteiger partial charge < -0.3 is 0 Å². The lowest BCUT2D eigenvalue weighted by atomic mass is 10.0. The molecule has 3 N–H and O–H groups in total. The van der Waals surface area contributed by atoms with E-state index in [1.165, 1.54) is 0 Å². The minimum absolute atomic E-state index is 0.203. The summed E-state index contributed by atoms with van der Waals surface area (Å²) in [5.74, 6) is 5.48. The van der Waals surface area contributed by atoms with Crippen LogP contribution in [0.25, 0.3) is 0 Å². The van der Waals surface area contributed by atoms with Gasteiger partial charge in [-0.3, -0.25) is 11.3 Å². The van der Waals surface area contributed by atoms with Crippen molar-refractivity contribution in [1.29, 1.82) is 0 Å². The van der Waals surface area contributed by atoms with E-state index in [2.05, 4.69) is 41.0 Å². The second-order valence-electron chi connectivity index (χ2n) is 3.18. The van der Waals surface area contributed by atoms with Crippen molar-refractivity contribution in [3.05, 3.63) is 32.4 Å². The molecule has 0 aliphatic carbocycles. The van der Waals surface area contributed by atoms with E-state index in [1.807, 2.05) is 12.1 Å². The number of nitrogens with one attached hydrogen (secondary N) is 1. The smallest absolute Gasteiger partial charge is 0.0542 e. The van der Waals surface area contributed by atoms with E-state index in [1.54, 1.807) is 0 Å². The van der Waals surface area contributed by atoms with Crippen molar-refractivity contribution in [1.82, 2.24) is 5.43 Å². The molecule has 0 fully saturated rings. The number of hydrogen-bond acceptors (Lipinski definition) is 2. The molecular weight excluding hydrogens is 310 g/mol. The van der Waals surface area contributed by atoms with Crippen LogP contribution in [0.3, 0.4) is 0 Å². The van der Waals surface area contributed by atoms with Crippen LogP contribution < -0.4 is 11.3 Å². The van der Waals surface area contributed by atoms with Gasteiger partial charge in [0.15, 0.2) is 0 Å². The lowest BCUT2D eigenvalue weighted by Crippen LogP contribution is -2.27. The van der Waals surface area contributed by atoms with E-state index in [4.69, 9.17) is 17.4 Å². The zero-order valence-electron chi connectivity index (χ0n) is 8.06. The monoisotopic (exact) mass is 324 g/mol. The SMILES string of the molecule is CCCC(NN)c1ccc(I)c(Cl)c1. The first-order chi connectivity index (χ1) is 6.69. The lowest BCUT2D eigenvalue weighted by Gasteiger charge is -2.15. The molecule has 0 aliphatic heterocycles. The highest BCUT2D eigenvalue weighted by Crippen LogP contribution is 2.24. The topological polar surface area (TPSA) is 38.0 Å². The highest BCUT2D eigenvalue weighted by molar-refractivity contribution is 14.1. The van der Waals surface area contributed by atoms with Crippen LogP contribution in [-0.4, -0.2) is 0 Å². The Morgan fingerprint density at radius 1 is 1.57 bits per heavy atom. The van der Waals surface area contributed by atoms with Crippen LogP contribution in [0, 0.1) is 3.57 Å². The van der Waals surface area contributed by atoms with Gasteiger partial charge in [0, 0.05) is 9.61 Å². The lowest BCUT2D eigenvalue weighted by molar-refractivity contribution is 0.510. The number of hydrazine groups is 1. The standard InChI is InChI=1S/C10H14ClIN2/c1-2-3-10(14-13)7-4-5-9(12)8(11)6-7/h4-6,10,14H,2-3,13H2,1H3. The molecule has 0 aliphatic rings. The van der Waals surface area contributed by atoms with Crippen molar-refractivity contribution < 1.29 is 0 Å². The zero-order chi connectivity index (χ0) is 10.6. The van der Waals surface area contributed by atoms with Crippen molar-refractivity contribution in [2.75, 3.05) is 0 Å². The summed E-state index contributed by atoms with van der Waals surface area (Å²) in [6.45, 7) is 2.14. The summed E-state index contributed by atoms with van der Waals surface area (Å²) in [4.78, 5) is 0. The van der Waals surface area contributed by atoms with Crippen molar-refractivity contribution in [3.8, 4) is 0 Å². The van der Waals surface area contributed by atoms with Gasteiger partial charge in [-0.25, -0.2) is 0 Å². The third-order valence-electron chi connectivity index (χ3n) is 2.12. The van der Waals surface area contributed by atoms with Crippen molar-refractivity contribution in [2.45, 2.75) is 25.8 Å². The third-order valence-corrected chi connectivity index (χ3v) is 3.70. The minimum atomic E-state index is 0.203. The summed E-state index contributed by atoms with van der Waals surface area (Å²) in [6, 6.07) is 6.25. The van der Waals surface area contributed by atoms with Gasteiger partial charge in [0.05, 0.1) is 5.02 Å². The first-order valence-corrected chi connectivity index (χ1v) is 6.05. The molecule has 1 aromatic rings. The van der Waals surface area contributed by atoms with Gasteiger partial charge >= 0.3 is 0 Å². The molecule has 0 radical (unpaired) electrons. The molecule has 1 unspecified atom stereocenters. The van der Waals surface area contributed by atoms with Crippen molar-refractivity contribution in [3.63, 3.8) is 0 Å². The minimum Gasteiger partial charge on any atom is -0.271 e. The zero-order valence-corrected chi connectivity index (χ0v) is 11.0. The molecule has 0 spiro atoms. The Morgan fingerprint density at radius 2 is 2.29 bits per heavy atom. The summed E-state index contributed by atoms with van der Waals surface area (Å²) >= 11 is 8.25. The fourth-order valence-electron chi connectivity index (χ4n) is 1.36. The molecule has 1 rings (SSSR count). The molecule has 0 saturated carbocycles. The Hall–Kier alpha value is 0.160. The average Bonchev–Trinajstić information content (AvgIpc) is 2.19. The maximum absolute atomic E-state index is 6.04. The summed E-state index contributed by atoms with van der Waals surface area (Å²) in [5, 5.41) is 0.791. The normalized spacial score (nSPS) is 12.9. The van der Waals surface area contributed by atoms with Crippen LogP contribution in [0.2, 0.25) is 5.02 Å². The van der Waals surface area contributed by atoms with Gasteiger partial charge in [-0.05, 0) is 46.7 Å². The number of benzene rings is 1. The highest BCUT2D eigenvalue weighted by Gasteiger charge is 2.09. The number of rotatable bonds is 4. The third kappa shape index (κ3) is 3.08. The fourth-order valence-corrected chi connectivity index (χ4v) is 1.89. The van der Waals surface area contributed by atoms with Gasteiger partial charge in [0.25, 0.3) is 0 Å².